The van der Waals surface area contributed by atoms with E-state index in [4.69, 9.17) is 4.74 Å². The number of thioether (sulfide) groups is 1. The maximum atomic E-state index is 11.3. The van der Waals surface area contributed by atoms with Gasteiger partial charge in [-0.15, -0.1) is 0 Å². The first-order valence-electron chi connectivity index (χ1n) is 4.65. The van der Waals surface area contributed by atoms with E-state index in [1.54, 1.807) is 6.92 Å². The molecule has 1 amide bonds. The maximum absolute atomic E-state index is 11.3. The lowest BCUT2D eigenvalue weighted by atomic mass is 10.2. The lowest BCUT2D eigenvalue weighted by Crippen LogP contribution is -2.41. The lowest BCUT2D eigenvalue weighted by Gasteiger charge is -2.16. The van der Waals surface area contributed by atoms with Crippen molar-refractivity contribution in [3.05, 3.63) is 0 Å². The van der Waals surface area contributed by atoms with Crippen molar-refractivity contribution in [2.75, 3.05) is 24.4 Å². The molecular formula is C8H15NO4S2. The Morgan fingerprint density at radius 3 is 2.73 bits per heavy atom. The monoisotopic (exact) mass is 253 g/mol. The number of hydrogen-bond donors (Lipinski definition) is 1. The van der Waals surface area contributed by atoms with E-state index in [1.165, 1.54) is 11.8 Å². The third-order valence-electron chi connectivity index (χ3n) is 2.18. The second-order valence-corrected chi connectivity index (χ2v) is 6.55. The van der Waals surface area contributed by atoms with Gasteiger partial charge in [0.15, 0.2) is 9.84 Å². The van der Waals surface area contributed by atoms with Crippen molar-refractivity contribution >= 4 is 27.7 Å². The summed E-state index contributed by atoms with van der Waals surface area (Å²) in [6.07, 6.45) is 1.30. The topological polar surface area (TPSA) is 72.5 Å². The van der Waals surface area contributed by atoms with Gasteiger partial charge in [0, 0.05) is 5.25 Å². The Morgan fingerprint density at radius 1 is 1.53 bits per heavy atom. The van der Waals surface area contributed by atoms with Crippen molar-refractivity contribution in [2.24, 2.45) is 0 Å². The van der Waals surface area contributed by atoms with Gasteiger partial charge >= 0.3 is 6.09 Å². The molecule has 0 aromatic rings. The van der Waals surface area contributed by atoms with Gasteiger partial charge in [-0.05, 0) is 13.2 Å². The zero-order chi connectivity index (χ0) is 11.5. The van der Waals surface area contributed by atoms with Crippen molar-refractivity contribution in [3.8, 4) is 0 Å². The number of rotatable bonds is 3. The molecule has 15 heavy (non-hydrogen) atoms. The molecule has 2 atom stereocenters. The first kappa shape index (κ1) is 12.6. The fraction of sp³-hybridized carbons (Fsp3) is 0.875. The molecular weight excluding hydrogens is 238 g/mol. The molecule has 0 aromatic heterocycles. The third-order valence-corrected chi connectivity index (χ3v) is 5.23. The second-order valence-electron chi connectivity index (χ2n) is 3.32. The standard InChI is InChI=1S/C8H15NO4S2/c1-3-13-8(10)9-6-4-15(11,12)5-7(6)14-2/h6-7H,3-5H2,1-2H3,(H,9,10)/t6-,7-/m1/s1. The smallest absolute Gasteiger partial charge is 0.407 e. The molecule has 88 valence electrons. The average Bonchev–Trinajstić information content (AvgIpc) is 2.40. The largest absolute Gasteiger partial charge is 0.450 e. The number of carbonyl (C=O) groups is 1. The first-order valence-corrected chi connectivity index (χ1v) is 7.76. The molecule has 1 saturated heterocycles. The molecule has 1 aliphatic heterocycles. The fourth-order valence-corrected chi connectivity index (χ4v) is 5.02. The van der Waals surface area contributed by atoms with Gasteiger partial charge in [0.1, 0.15) is 0 Å². The van der Waals surface area contributed by atoms with E-state index in [2.05, 4.69) is 5.32 Å². The molecule has 0 bridgehead atoms. The minimum Gasteiger partial charge on any atom is -0.450 e. The molecule has 0 radical (unpaired) electrons. The van der Waals surface area contributed by atoms with Crippen molar-refractivity contribution < 1.29 is 17.9 Å². The normalized spacial score (nSPS) is 28.7. The Labute approximate surface area is 93.9 Å². The van der Waals surface area contributed by atoms with Crippen LogP contribution in [-0.2, 0) is 14.6 Å². The molecule has 5 nitrogen and oxygen atoms in total. The van der Waals surface area contributed by atoms with Gasteiger partial charge in [-0.1, -0.05) is 0 Å². The van der Waals surface area contributed by atoms with Crippen LogP contribution in [0.1, 0.15) is 6.92 Å². The SMILES string of the molecule is CCOC(=O)N[C@@H]1CS(=O)(=O)C[C@H]1SC. The molecule has 0 spiro atoms. The molecule has 0 saturated carbocycles. The number of sulfone groups is 1. The van der Waals surface area contributed by atoms with E-state index in [-0.39, 0.29) is 29.4 Å². The van der Waals surface area contributed by atoms with Crippen molar-refractivity contribution in [1.29, 1.82) is 0 Å². The van der Waals surface area contributed by atoms with Crippen LogP contribution in [0.2, 0.25) is 0 Å². The minimum atomic E-state index is -3.01. The third kappa shape index (κ3) is 3.57. The predicted octanol–water partition coefficient (Wildman–Crippen LogP) is 0.261. The van der Waals surface area contributed by atoms with Crippen LogP contribution < -0.4 is 5.32 Å². The summed E-state index contributed by atoms with van der Waals surface area (Å²) in [6.45, 7) is 1.99. The van der Waals surface area contributed by atoms with Crippen molar-refractivity contribution in [3.63, 3.8) is 0 Å². The van der Waals surface area contributed by atoms with Crippen LogP contribution in [0.15, 0.2) is 0 Å². The molecule has 1 N–H and O–H groups in total. The number of ether oxygens (including phenoxy) is 1. The van der Waals surface area contributed by atoms with Gasteiger partial charge in [0.05, 0.1) is 24.2 Å². The quantitative estimate of drug-likeness (QED) is 0.781. The van der Waals surface area contributed by atoms with Crippen LogP contribution in [0.4, 0.5) is 4.79 Å². The van der Waals surface area contributed by atoms with Crippen molar-refractivity contribution in [2.45, 2.75) is 18.2 Å². The number of hydrogen-bond acceptors (Lipinski definition) is 5. The van der Waals surface area contributed by atoms with Crippen LogP contribution in [0.25, 0.3) is 0 Å². The fourth-order valence-electron chi connectivity index (χ4n) is 1.51. The van der Waals surface area contributed by atoms with Gasteiger partial charge in [-0.2, -0.15) is 11.8 Å². The summed E-state index contributed by atoms with van der Waals surface area (Å²) in [5.41, 5.74) is 0. The highest BCUT2D eigenvalue weighted by Gasteiger charge is 2.38. The molecule has 7 heteroatoms. The lowest BCUT2D eigenvalue weighted by molar-refractivity contribution is 0.149. The van der Waals surface area contributed by atoms with Gasteiger partial charge < -0.3 is 10.1 Å². The van der Waals surface area contributed by atoms with Gasteiger partial charge in [-0.25, -0.2) is 13.2 Å². The summed E-state index contributed by atoms with van der Waals surface area (Å²) in [7, 11) is -3.01. The van der Waals surface area contributed by atoms with Gasteiger partial charge in [0.25, 0.3) is 0 Å². The minimum absolute atomic E-state index is 0.0112. The zero-order valence-electron chi connectivity index (χ0n) is 8.73. The van der Waals surface area contributed by atoms with Crippen LogP contribution >= 0.6 is 11.8 Å². The van der Waals surface area contributed by atoms with Crippen LogP contribution in [0, 0.1) is 0 Å². The predicted molar refractivity (Wildman–Crippen MR) is 59.9 cm³/mol. The molecule has 0 aliphatic carbocycles. The number of carbonyl (C=O) groups excluding carboxylic acids is 1. The molecule has 1 heterocycles. The Hall–Kier alpha value is -0.430. The summed E-state index contributed by atoms with van der Waals surface area (Å²) in [4.78, 5) is 11.1. The zero-order valence-corrected chi connectivity index (χ0v) is 10.4. The van der Waals surface area contributed by atoms with Crippen LogP contribution in [0.3, 0.4) is 0 Å². The highest BCUT2D eigenvalue weighted by molar-refractivity contribution is 8.01. The Bertz CT molecular complexity index is 328. The summed E-state index contributed by atoms with van der Waals surface area (Å²) >= 11 is 1.45. The van der Waals surface area contributed by atoms with Gasteiger partial charge in [0.2, 0.25) is 0 Å². The number of alkyl carbamates (subject to hydrolysis) is 1. The summed E-state index contributed by atoms with van der Waals surface area (Å²) in [6, 6.07) is -0.330. The highest BCUT2D eigenvalue weighted by atomic mass is 32.2. The molecule has 0 unspecified atom stereocenters. The summed E-state index contributed by atoms with van der Waals surface area (Å²) in [5.74, 6) is 0.141. The summed E-state index contributed by atoms with van der Waals surface area (Å²) in [5, 5.41) is 2.51. The molecule has 0 aromatic carbocycles. The van der Waals surface area contributed by atoms with Crippen molar-refractivity contribution in [1.82, 2.24) is 5.32 Å². The Kier molecular flexibility index (Phi) is 4.27. The van der Waals surface area contributed by atoms with E-state index < -0.39 is 15.9 Å². The second kappa shape index (κ2) is 5.07. The van der Waals surface area contributed by atoms with E-state index in [0.29, 0.717) is 0 Å². The van der Waals surface area contributed by atoms with Gasteiger partial charge in [-0.3, -0.25) is 0 Å². The van der Waals surface area contributed by atoms with E-state index in [9.17, 15) is 13.2 Å². The molecule has 1 rings (SSSR count). The van der Waals surface area contributed by atoms with E-state index >= 15 is 0 Å². The highest BCUT2D eigenvalue weighted by Crippen LogP contribution is 2.22. The Balaban J connectivity index is 2.58. The molecule has 1 fully saturated rings. The summed E-state index contributed by atoms with van der Waals surface area (Å²) < 4.78 is 27.4. The van der Waals surface area contributed by atoms with E-state index in [1.807, 2.05) is 6.26 Å². The van der Waals surface area contributed by atoms with E-state index in [0.717, 1.165) is 0 Å². The maximum Gasteiger partial charge on any atom is 0.407 e. The average molecular weight is 253 g/mol. The molecule has 1 aliphatic rings. The first-order chi connectivity index (χ1) is 6.98. The van der Waals surface area contributed by atoms with Crippen LogP contribution in [0.5, 0.6) is 0 Å². The number of amides is 1. The number of nitrogens with one attached hydrogen (secondary N) is 1. The Morgan fingerprint density at radius 2 is 2.20 bits per heavy atom. The van der Waals surface area contributed by atoms with Crippen LogP contribution in [-0.4, -0.2) is 50.2 Å².